The number of anilines is 1. The third-order valence-electron chi connectivity index (χ3n) is 4.96. The number of carbonyl (C=O) groups is 3. The lowest BCUT2D eigenvalue weighted by molar-refractivity contribution is -0.127. The minimum atomic E-state index is -0.698. The molecule has 0 saturated heterocycles. The lowest BCUT2D eigenvalue weighted by Crippen LogP contribution is -2.51. The van der Waals surface area contributed by atoms with E-state index < -0.39 is 6.04 Å². The van der Waals surface area contributed by atoms with Crippen LogP contribution in [-0.4, -0.2) is 42.9 Å². The highest BCUT2D eigenvalue weighted by Crippen LogP contribution is 2.35. The Bertz CT molecular complexity index is 939. The first kappa shape index (κ1) is 19.0. The minimum Gasteiger partial charge on any atom is -0.485 e. The average molecular weight is 394 g/mol. The summed E-state index contributed by atoms with van der Waals surface area (Å²) in [4.78, 5) is 39.0. The van der Waals surface area contributed by atoms with Gasteiger partial charge in [-0.05, 0) is 50.1 Å². The summed E-state index contributed by atoms with van der Waals surface area (Å²) in [6, 6.07) is 13.4. The van der Waals surface area contributed by atoms with Crippen LogP contribution in [0.25, 0.3) is 0 Å². The molecule has 4 rings (SSSR count). The van der Waals surface area contributed by atoms with Crippen LogP contribution in [0.3, 0.4) is 0 Å². The predicted octanol–water partition coefficient (Wildman–Crippen LogP) is 2.34. The topological polar surface area (TPSA) is 84.9 Å². The quantitative estimate of drug-likeness (QED) is 0.729. The number of rotatable bonds is 7. The van der Waals surface area contributed by atoms with Crippen molar-refractivity contribution in [2.45, 2.75) is 31.8 Å². The molecule has 2 aromatic rings. The number of ether oxygens (including phenoxy) is 2. The summed E-state index contributed by atoms with van der Waals surface area (Å²) in [6.07, 6.45) is 1.93. The number of nitrogens with one attached hydrogen (secondary N) is 1. The van der Waals surface area contributed by atoms with Crippen molar-refractivity contribution in [2.75, 3.05) is 18.1 Å². The first-order valence-corrected chi connectivity index (χ1v) is 9.63. The second-order valence-corrected chi connectivity index (χ2v) is 7.22. The number of benzene rings is 2. The minimum absolute atomic E-state index is 0.130. The molecular formula is C22H22N2O5. The third-order valence-corrected chi connectivity index (χ3v) is 4.96. The zero-order valence-electron chi connectivity index (χ0n) is 16.1. The normalized spacial score (nSPS) is 16.4. The number of fused-ring (bicyclic) bond motifs is 1. The van der Waals surface area contributed by atoms with Gasteiger partial charge >= 0.3 is 0 Å². The van der Waals surface area contributed by atoms with E-state index in [1.54, 1.807) is 37.3 Å². The van der Waals surface area contributed by atoms with Crippen LogP contribution in [-0.2, 0) is 9.59 Å². The van der Waals surface area contributed by atoms with E-state index in [2.05, 4.69) is 5.32 Å². The van der Waals surface area contributed by atoms with Crippen molar-refractivity contribution in [3.05, 3.63) is 54.1 Å². The van der Waals surface area contributed by atoms with Crippen molar-refractivity contribution in [1.29, 1.82) is 0 Å². The molecule has 1 fully saturated rings. The SMILES string of the molecule is CC(C(=O)NC1CC1)N1C(=O)COc2ccc(C(=O)COc3ccccc3)cc21. The maximum Gasteiger partial charge on any atom is 0.265 e. The molecule has 2 amide bonds. The van der Waals surface area contributed by atoms with Crippen LogP contribution in [0.4, 0.5) is 5.69 Å². The third kappa shape index (κ3) is 4.23. The van der Waals surface area contributed by atoms with E-state index in [-0.39, 0.29) is 36.9 Å². The lowest BCUT2D eigenvalue weighted by atomic mass is 10.1. The fourth-order valence-corrected chi connectivity index (χ4v) is 3.18. The Morgan fingerprint density at radius 3 is 2.69 bits per heavy atom. The van der Waals surface area contributed by atoms with Crippen molar-refractivity contribution in [3.63, 3.8) is 0 Å². The number of amides is 2. The zero-order valence-corrected chi connectivity index (χ0v) is 16.1. The number of Topliss-reactive ketones (excluding diaryl/α,β-unsaturated/α-hetero) is 1. The summed E-state index contributed by atoms with van der Waals surface area (Å²) in [6.45, 7) is 1.41. The van der Waals surface area contributed by atoms with Gasteiger partial charge in [-0.3, -0.25) is 19.3 Å². The monoisotopic (exact) mass is 394 g/mol. The maximum absolute atomic E-state index is 12.6. The van der Waals surface area contributed by atoms with Crippen LogP contribution in [0.5, 0.6) is 11.5 Å². The number of hydrogen-bond acceptors (Lipinski definition) is 5. The van der Waals surface area contributed by atoms with Crippen LogP contribution < -0.4 is 19.7 Å². The smallest absolute Gasteiger partial charge is 0.265 e. The van der Waals surface area contributed by atoms with E-state index in [0.29, 0.717) is 22.7 Å². The predicted molar refractivity (Wildman–Crippen MR) is 106 cm³/mol. The fraction of sp³-hybridized carbons (Fsp3) is 0.318. The summed E-state index contributed by atoms with van der Waals surface area (Å²) in [5, 5.41) is 2.92. The molecule has 0 radical (unpaired) electrons. The number of hydrogen-bond donors (Lipinski definition) is 1. The van der Waals surface area contributed by atoms with Gasteiger partial charge in [0.1, 0.15) is 17.5 Å². The Labute approximate surface area is 168 Å². The lowest BCUT2D eigenvalue weighted by Gasteiger charge is -2.33. The second kappa shape index (κ2) is 7.95. The molecule has 7 nitrogen and oxygen atoms in total. The van der Waals surface area contributed by atoms with Gasteiger partial charge in [-0.25, -0.2) is 0 Å². The van der Waals surface area contributed by atoms with E-state index in [1.807, 2.05) is 18.2 Å². The molecule has 1 atom stereocenters. The molecule has 7 heteroatoms. The molecule has 2 aromatic carbocycles. The Kier molecular flexibility index (Phi) is 5.20. The van der Waals surface area contributed by atoms with Crippen molar-refractivity contribution in [1.82, 2.24) is 5.32 Å². The zero-order chi connectivity index (χ0) is 20.4. The Balaban J connectivity index is 1.53. The first-order valence-electron chi connectivity index (χ1n) is 9.63. The highest BCUT2D eigenvalue weighted by Gasteiger charge is 2.35. The van der Waals surface area contributed by atoms with Crippen LogP contribution in [0.1, 0.15) is 30.1 Å². The summed E-state index contributed by atoms with van der Waals surface area (Å²) in [7, 11) is 0. The van der Waals surface area contributed by atoms with Gasteiger partial charge in [0.2, 0.25) is 5.91 Å². The van der Waals surface area contributed by atoms with Crippen molar-refractivity contribution in [2.24, 2.45) is 0 Å². The molecule has 1 aliphatic heterocycles. The van der Waals surface area contributed by atoms with Gasteiger partial charge in [-0.1, -0.05) is 18.2 Å². The molecule has 0 bridgehead atoms. The number of nitrogens with zero attached hydrogens (tertiary/aromatic N) is 1. The summed E-state index contributed by atoms with van der Waals surface area (Å²) < 4.78 is 11.0. The Hall–Kier alpha value is -3.35. The van der Waals surface area contributed by atoms with E-state index in [1.165, 1.54) is 4.90 Å². The van der Waals surface area contributed by atoms with Crippen LogP contribution >= 0.6 is 0 Å². The number of carbonyl (C=O) groups excluding carboxylic acids is 3. The van der Waals surface area contributed by atoms with Gasteiger partial charge in [0.15, 0.2) is 19.0 Å². The Morgan fingerprint density at radius 2 is 1.97 bits per heavy atom. The summed E-state index contributed by atoms with van der Waals surface area (Å²) in [5.41, 5.74) is 0.808. The molecule has 0 spiro atoms. The first-order chi connectivity index (χ1) is 14.0. The van der Waals surface area contributed by atoms with Crippen molar-refractivity contribution >= 4 is 23.3 Å². The molecule has 1 unspecified atom stereocenters. The van der Waals surface area contributed by atoms with E-state index in [9.17, 15) is 14.4 Å². The van der Waals surface area contributed by atoms with E-state index in [0.717, 1.165) is 12.8 Å². The van der Waals surface area contributed by atoms with E-state index in [4.69, 9.17) is 9.47 Å². The average Bonchev–Trinajstić information content (AvgIpc) is 3.55. The molecule has 1 aliphatic carbocycles. The number of ketones is 1. The van der Waals surface area contributed by atoms with Crippen LogP contribution in [0.15, 0.2) is 48.5 Å². The Morgan fingerprint density at radius 1 is 1.21 bits per heavy atom. The van der Waals surface area contributed by atoms with Gasteiger partial charge in [0, 0.05) is 11.6 Å². The molecule has 150 valence electrons. The van der Waals surface area contributed by atoms with Gasteiger partial charge in [0.05, 0.1) is 5.69 Å². The molecular weight excluding hydrogens is 372 g/mol. The van der Waals surface area contributed by atoms with Crippen molar-refractivity contribution < 1.29 is 23.9 Å². The fourth-order valence-electron chi connectivity index (χ4n) is 3.18. The van der Waals surface area contributed by atoms with Crippen LogP contribution in [0.2, 0.25) is 0 Å². The molecule has 1 saturated carbocycles. The van der Waals surface area contributed by atoms with Gasteiger partial charge < -0.3 is 14.8 Å². The molecule has 29 heavy (non-hydrogen) atoms. The summed E-state index contributed by atoms with van der Waals surface area (Å²) >= 11 is 0. The maximum atomic E-state index is 12.6. The van der Waals surface area contributed by atoms with Gasteiger partial charge in [-0.15, -0.1) is 0 Å². The number of para-hydroxylation sites is 1. The second-order valence-electron chi connectivity index (χ2n) is 7.22. The highest BCUT2D eigenvalue weighted by atomic mass is 16.5. The molecule has 2 aliphatic rings. The summed E-state index contributed by atoms with van der Waals surface area (Å²) in [5.74, 6) is 0.309. The van der Waals surface area contributed by atoms with Crippen molar-refractivity contribution in [3.8, 4) is 11.5 Å². The van der Waals surface area contributed by atoms with E-state index >= 15 is 0 Å². The van der Waals surface area contributed by atoms with Gasteiger partial charge in [-0.2, -0.15) is 0 Å². The molecule has 1 N–H and O–H groups in total. The molecule has 0 aromatic heterocycles. The largest absolute Gasteiger partial charge is 0.485 e. The highest BCUT2D eigenvalue weighted by molar-refractivity contribution is 6.06. The van der Waals surface area contributed by atoms with Crippen LogP contribution in [0, 0.1) is 0 Å². The molecule has 1 heterocycles. The van der Waals surface area contributed by atoms with Gasteiger partial charge in [0.25, 0.3) is 5.91 Å². The standard InChI is InChI=1S/C22H22N2O5/c1-14(22(27)23-16-8-9-16)24-18-11-15(7-10-20(18)29-13-21(24)26)19(25)12-28-17-5-3-2-4-6-17/h2-7,10-11,14,16H,8-9,12-13H2,1H3,(H,23,27).